The molecule has 0 aliphatic carbocycles. The molecule has 110 valence electrons. The molecule has 0 spiro atoms. The van der Waals surface area contributed by atoms with Crippen molar-refractivity contribution < 1.29 is 19.1 Å². The van der Waals surface area contributed by atoms with Gasteiger partial charge in [-0.25, -0.2) is 4.79 Å². The van der Waals surface area contributed by atoms with Crippen LogP contribution in [0.3, 0.4) is 0 Å². The molecule has 1 saturated heterocycles. The SMILES string of the molecule is C[C@H](N)C(=O)N1CCSCC1OC(=O)OC(C)(C)C. The molecule has 2 N–H and O–H groups in total. The summed E-state index contributed by atoms with van der Waals surface area (Å²) in [7, 11) is 0. The van der Waals surface area contributed by atoms with Crippen molar-refractivity contribution in [1.29, 1.82) is 0 Å². The van der Waals surface area contributed by atoms with Crippen molar-refractivity contribution in [3.8, 4) is 0 Å². The molecule has 19 heavy (non-hydrogen) atoms. The van der Waals surface area contributed by atoms with E-state index < -0.39 is 24.0 Å². The number of hydrogen-bond donors (Lipinski definition) is 1. The zero-order valence-electron chi connectivity index (χ0n) is 11.8. The summed E-state index contributed by atoms with van der Waals surface area (Å²) in [5.74, 6) is 1.14. The number of carbonyl (C=O) groups excluding carboxylic acids is 2. The van der Waals surface area contributed by atoms with Crippen LogP contribution in [0.1, 0.15) is 27.7 Å². The van der Waals surface area contributed by atoms with E-state index in [0.717, 1.165) is 5.75 Å². The summed E-state index contributed by atoms with van der Waals surface area (Å²) in [4.78, 5) is 25.1. The minimum absolute atomic E-state index is 0.214. The third-order valence-corrected chi connectivity index (χ3v) is 3.37. The minimum atomic E-state index is -0.762. The van der Waals surface area contributed by atoms with E-state index in [-0.39, 0.29) is 5.91 Å². The Kier molecular flexibility index (Phi) is 5.49. The number of rotatable bonds is 2. The fourth-order valence-electron chi connectivity index (χ4n) is 1.58. The van der Waals surface area contributed by atoms with Gasteiger partial charge in [0.25, 0.3) is 0 Å². The van der Waals surface area contributed by atoms with E-state index >= 15 is 0 Å². The number of nitrogens with two attached hydrogens (primary N) is 1. The van der Waals surface area contributed by atoms with Crippen molar-refractivity contribution in [3.05, 3.63) is 0 Å². The average molecular weight is 290 g/mol. The van der Waals surface area contributed by atoms with Crippen LogP contribution in [0.4, 0.5) is 4.79 Å². The Hall–Kier alpha value is -0.950. The number of carbonyl (C=O) groups is 2. The molecule has 0 aromatic rings. The molecule has 1 aliphatic rings. The zero-order chi connectivity index (χ0) is 14.6. The van der Waals surface area contributed by atoms with E-state index in [2.05, 4.69) is 0 Å². The van der Waals surface area contributed by atoms with Gasteiger partial charge in [-0.3, -0.25) is 4.79 Å². The van der Waals surface area contributed by atoms with Gasteiger partial charge in [-0.2, -0.15) is 11.8 Å². The molecule has 1 rings (SSSR count). The number of amides is 1. The molecule has 1 fully saturated rings. The van der Waals surface area contributed by atoms with E-state index in [9.17, 15) is 9.59 Å². The average Bonchev–Trinajstić information content (AvgIpc) is 2.26. The highest BCUT2D eigenvalue weighted by molar-refractivity contribution is 7.99. The van der Waals surface area contributed by atoms with E-state index in [0.29, 0.717) is 12.3 Å². The lowest BCUT2D eigenvalue weighted by Crippen LogP contribution is -2.53. The summed E-state index contributed by atoms with van der Waals surface area (Å²) >= 11 is 1.63. The van der Waals surface area contributed by atoms with Gasteiger partial charge in [0.05, 0.1) is 11.8 Å². The van der Waals surface area contributed by atoms with Gasteiger partial charge in [0.2, 0.25) is 5.91 Å². The maximum Gasteiger partial charge on any atom is 0.510 e. The van der Waals surface area contributed by atoms with E-state index in [1.165, 1.54) is 4.90 Å². The molecule has 1 amide bonds. The molecule has 0 bridgehead atoms. The lowest BCUT2D eigenvalue weighted by atomic mass is 10.2. The molecule has 1 heterocycles. The molecular formula is C12H22N2O4S. The second-order valence-electron chi connectivity index (χ2n) is 5.43. The number of ether oxygens (including phenoxy) is 2. The van der Waals surface area contributed by atoms with E-state index in [1.807, 2.05) is 0 Å². The van der Waals surface area contributed by atoms with Crippen molar-refractivity contribution in [2.24, 2.45) is 5.73 Å². The van der Waals surface area contributed by atoms with Crippen LogP contribution in [0.25, 0.3) is 0 Å². The topological polar surface area (TPSA) is 81.9 Å². The predicted molar refractivity (Wildman–Crippen MR) is 73.8 cm³/mol. The van der Waals surface area contributed by atoms with Crippen LogP contribution in [-0.2, 0) is 14.3 Å². The molecule has 7 heteroatoms. The Labute approximate surface area is 118 Å². The Morgan fingerprint density at radius 3 is 2.58 bits per heavy atom. The summed E-state index contributed by atoms with van der Waals surface area (Å²) < 4.78 is 10.3. The third kappa shape index (κ3) is 5.28. The van der Waals surface area contributed by atoms with E-state index in [4.69, 9.17) is 15.2 Å². The largest absolute Gasteiger partial charge is 0.510 e. The molecule has 1 aliphatic heterocycles. The quantitative estimate of drug-likeness (QED) is 0.769. The standard InChI is InChI=1S/C12H22N2O4S/c1-8(13)10(15)14-5-6-19-7-9(14)17-11(16)18-12(2,3)4/h8-9H,5-7,13H2,1-4H3/t8-,9?/m0/s1. The predicted octanol–water partition coefficient (Wildman–Crippen LogP) is 1.19. The summed E-state index contributed by atoms with van der Waals surface area (Å²) in [5.41, 5.74) is 4.98. The minimum Gasteiger partial charge on any atom is -0.429 e. The Morgan fingerprint density at radius 1 is 1.42 bits per heavy atom. The molecule has 0 radical (unpaired) electrons. The maximum atomic E-state index is 11.9. The molecule has 2 atom stereocenters. The van der Waals surface area contributed by atoms with Crippen LogP contribution in [0.15, 0.2) is 0 Å². The van der Waals surface area contributed by atoms with Gasteiger partial charge < -0.3 is 20.1 Å². The van der Waals surface area contributed by atoms with Gasteiger partial charge in [-0.15, -0.1) is 0 Å². The van der Waals surface area contributed by atoms with Crippen LogP contribution < -0.4 is 5.73 Å². The van der Waals surface area contributed by atoms with Gasteiger partial charge in [0, 0.05) is 12.3 Å². The zero-order valence-corrected chi connectivity index (χ0v) is 12.7. The normalized spacial score (nSPS) is 21.7. The van der Waals surface area contributed by atoms with Crippen LogP contribution in [0.2, 0.25) is 0 Å². The fourth-order valence-corrected chi connectivity index (χ4v) is 2.52. The van der Waals surface area contributed by atoms with Crippen LogP contribution in [-0.4, -0.2) is 52.9 Å². The molecular weight excluding hydrogens is 268 g/mol. The maximum absolute atomic E-state index is 11.9. The van der Waals surface area contributed by atoms with Crippen molar-refractivity contribution in [3.63, 3.8) is 0 Å². The number of hydrogen-bond acceptors (Lipinski definition) is 6. The summed E-state index contributed by atoms with van der Waals surface area (Å²) in [5, 5.41) is 0. The van der Waals surface area contributed by atoms with Gasteiger partial charge in [0.1, 0.15) is 5.60 Å². The second-order valence-corrected chi connectivity index (χ2v) is 6.58. The Balaban J connectivity index is 2.63. The Morgan fingerprint density at radius 2 is 2.05 bits per heavy atom. The smallest absolute Gasteiger partial charge is 0.429 e. The van der Waals surface area contributed by atoms with Crippen molar-refractivity contribution in [2.45, 2.75) is 45.6 Å². The lowest BCUT2D eigenvalue weighted by molar-refractivity contribution is -0.143. The number of nitrogens with zero attached hydrogens (tertiary/aromatic N) is 1. The van der Waals surface area contributed by atoms with Gasteiger partial charge in [0.15, 0.2) is 6.23 Å². The molecule has 6 nitrogen and oxygen atoms in total. The van der Waals surface area contributed by atoms with Crippen molar-refractivity contribution in [1.82, 2.24) is 4.90 Å². The second kappa shape index (κ2) is 6.47. The van der Waals surface area contributed by atoms with Gasteiger partial charge >= 0.3 is 6.16 Å². The lowest BCUT2D eigenvalue weighted by Gasteiger charge is -2.35. The molecule has 0 aromatic heterocycles. The van der Waals surface area contributed by atoms with Crippen LogP contribution in [0.5, 0.6) is 0 Å². The third-order valence-electron chi connectivity index (χ3n) is 2.38. The first-order valence-electron chi connectivity index (χ1n) is 6.24. The van der Waals surface area contributed by atoms with Crippen molar-refractivity contribution >= 4 is 23.8 Å². The van der Waals surface area contributed by atoms with Gasteiger partial charge in [-0.05, 0) is 27.7 Å². The highest BCUT2D eigenvalue weighted by Gasteiger charge is 2.32. The highest BCUT2D eigenvalue weighted by atomic mass is 32.2. The molecule has 0 saturated carbocycles. The molecule has 0 aromatic carbocycles. The highest BCUT2D eigenvalue weighted by Crippen LogP contribution is 2.19. The monoisotopic (exact) mass is 290 g/mol. The summed E-state index contributed by atoms with van der Waals surface area (Å²) in [6, 6.07) is -0.604. The molecule has 1 unspecified atom stereocenters. The first-order valence-corrected chi connectivity index (χ1v) is 7.39. The van der Waals surface area contributed by atoms with E-state index in [1.54, 1.807) is 39.5 Å². The number of thioether (sulfide) groups is 1. The van der Waals surface area contributed by atoms with Crippen LogP contribution >= 0.6 is 11.8 Å². The summed E-state index contributed by atoms with van der Waals surface area (Å²) in [6.45, 7) is 7.42. The van der Waals surface area contributed by atoms with Crippen molar-refractivity contribution in [2.75, 3.05) is 18.1 Å². The Bertz CT molecular complexity index is 341. The first-order chi connectivity index (χ1) is 8.70. The van der Waals surface area contributed by atoms with Gasteiger partial charge in [-0.1, -0.05) is 0 Å². The first kappa shape index (κ1) is 16.1. The summed E-state index contributed by atoms with van der Waals surface area (Å²) in [6.07, 6.45) is -1.37. The fraction of sp³-hybridized carbons (Fsp3) is 0.833. The van der Waals surface area contributed by atoms with Crippen LogP contribution in [0, 0.1) is 0 Å².